The molecule has 1 rings (SSSR count). The molecule has 0 amide bonds. The minimum Gasteiger partial charge on any atom is -0.241 e. The molecule has 0 spiro atoms. The van der Waals surface area contributed by atoms with Crippen LogP contribution in [0.2, 0.25) is 0 Å². The highest BCUT2D eigenvalue weighted by molar-refractivity contribution is 4.60. The molecule has 1 aliphatic heterocycles. The second-order valence-electron chi connectivity index (χ2n) is 2.85. The zero-order chi connectivity index (χ0) is 7.40. The Hall–Kier alpha value is -0.120. The van der Waals surface area contributed by atoms with Gasteiger partial charge in [-0.25, -0.2) is 10.9 Å². The van der Waals surface area contributed by atoms with Gasteiger partial charge in [-0.15, -0.1) is 0 Å². The van der Waals surface area contributed by atoms with Gasteiger partial charge in [0.1, 0.15) is 0 Å². The van der Waals surface area contributed by atoms with Gasteiger partial charge in [-0.2, -0.15) is 5.12 Å². The van der Waals surface area contributed by atoms with Crippen molar-refractivity contribution in [3.05, 3.63) is 0 Å². The largest absolute Gasteiger partial charge is 0.241 e. The third-order valence-corrected chi connectivity index (χ3v) is 1.85. The Balaban J connectivity index is 2.11. The van der Waals surface area contributed by atoms with Crippen LogP contribution in [0.1, 0.15) is 26.7 Å². The van der Waals surface area contributed by atoms with Gasteiger partial charge >= 0.3 is 0 Å². The fourth-order valence-corrected chi connectivity index (χ4v) is 0.998. The SMILES string of the molecule is CCC(C)NN1CCCN1. The molecule has 1 saturated heterocycles. The Morgan fingerprint density at radius 3 is 3.00 bits per heavy atom. The van der Waals surface area contributed by atoms with Gasteiger partial charge in [0, 0.05) is 19.1 Å². The van der Waals surface area contributed by atoms with E-state index in [1.54, 1.807) is 0 Å². The van der Waals surface area contributed by atoms with Crippen molar-refractivity contribution in [2.45, 2.75) is 32.7 Å². The Morgan fingerprint density at radius 2 is 2.50 bits per heavy atom. The van der Waals surface area contributed by atoms with Crippen LogP contribution in [0.3, 0.4) is 0 Å². The van der Waals surface area contributed by atoms with Crippen molar-refractivity contribution in [2.24, 2.45) is 0 Å². The summed E-state index contributed by atoms with van der Waals surface area (Å²) in [5, 5.41) is 2.09. The van der Waals surface area contributed by atoms with Crippen molar-refractivity contribution >= 4 is 0 Å². The smallest absolute Gasteiger partial charge is 0.0300 e. The highest BCUT2D eigenvalue weighted by atomic mass is 15.7. The molecule has 1 aliphatic rings. The molecule has 3 heteroatoms. The molecule has 0 aliphatic carbocycles. The molecule has 0 saturated carbocycles. The second-order valence-corrected chi connectivity index (χ2v) is 2.85. The predicted molar refractivity (Wildman–Crippen MR) is 42.2 cm³/mol. The standard InChI is InChI=1S/C7H17N3/c1-3-7(2)9-10-6-4-5-8-10/h7-9H,3-6H2,1-2H3. The summed E-state index contributed by atoms with van der Waals surface area (Å²) in [6.45, 7) is 6.63. The van der Waals surface area contributed by atoms with E-state index in [0.717, 1.165) is 13.1 Å². The summed E-state index contributed by atoms with van der Waals surface area (Å²) < 4.78 is 0. The summed E-state index contributed by atoms with van der Waals surface area (Å²) in [4.78, 5) is 0. The molecule has 10 heavy (non-hydrogen) atoms. The van der Waals surface area contributed by atoms with Gasteiger partial charge in [0.2, 0.25) is 0 Å². The number of hydrazine groups is 2. The van der Waals surface area contributed by atoms with E-state index >= 15 is 0 Å². The first kappa shape index (κ1) is 7.98. The summed E-state index contributed by atoms with van der Waals surface area (Å²) in [5.41, 5.74) is 6.59. The molecule has 1 unspecified atom stereocenters. The lowest BCUT2D eigenvalue weighted by atomic mass is 10.3. The number of hydrogen-bond donors (Lipinski definition) is 2. The second kappa shape index (κ2) is 3.91. The van der Waals surface area contributed by atoms with Gasteiger partial charge < -0.3 is 0 Å². The van der Waals surface area contributed by atoms with Crippen LogP contribution in [0.4, 0.5) is 0 Å². The Morgan fingerprint density at radius 1 is 1.70 bits per heavy atom. The van der Waals surface area contributed by atoms with Gasteiger partial charge in [0.15, 0.2) is 0 Å². The van der Waals surface area contributed by atoms with E-state index in [4.69, 9.17) is 0 Å². The van der Waals surface area contributed by atoms with E-state index in [0.29, 0.717) is 6.04 Å². The first-order valence-corrected chi connectivity index (χ1v) is 4.10. The molecular weight excluding hydrogens is 126 g/mol. The average Bonchev–Trinajstić information content (AvgIpc) is 2.40. The highest BCUT2D eigenvalue weighted by Crippen LogP contribution is 1.95. The summed E-state index contributed by atoms with van der Waals surface area (Å²) in [5.74, 6) is 0. The van der Waals surface area contributed by atoms with E-state index in [2.05, 4.69) is 29.8 Å². The summed E-state index contributed by atoms with van der Waals surface area (Å²) >= 11 is 0. The molecule has 0 aromatic rings. The maximum atomic E-state index is 3.35. The molecule has 0 aromatic carbocycles. The van der Waals surface area contributed by atoms with Crippen LogP contribution in [0.5, 0.6) is 0 Å². The first-order chi connectivity index (χ1) is 4.83. The van der Waals surface area contributed by atoms with Crippen molar-refractivity contribution in [3.63, 3.8) is 0 Å². The predicted octanol–water partition coefficient (Wildman–Crippen LogP) is 0.500. The van der Waals surface area contributed by atoms with Crippen LogP contribution >= 0.6 is 0 Å². The minimum atomic E-state index is 0.589. The molecule has 0 bridgehead atoms. The van der Waals surface area contributed by atoms with Crippen LogP contribution in [-0.2, 0) is 0 Å². The highest BCUT2D eigenvalue weighted by Gasteiger charge is 2.11. The lowest BCUT2D eigenvalue weighted by Gasteiger charge is -2.20. The zero-order valence-corrected chi connectivity index (χ0v) is 6.85. The van der Waals surface area contributed by atoms with Crippen LogP contribution in [0, 0.1) is 0 Å². The summed E-state index contributed by atoms with van der Waals surface area (Å²) in [6.07, 6.45) is 2.43. The maximum absolute atomic E-state index is 3.35. The molecule has 0 aromatic heterocycles. The Kier molecular flexibility index (Phi) is 3.12. The zero-order valence-electron chi connectivity index (χ0n) is 6.85. The monoisotopic (exact) mass is 143 g/mol. The third-order valence-electron chi connectivity index (χ3n) is 1.85. The third kappa shape index (κ3) is 2.25. The lowest BCUT2D eigenvalue weighted by Crippen LogP contribution is -2.47. The van der Waals surface area contributed by atoms with Crippen LogP contribution in [0.25, 0.3) is 0 Å². The Labute approximate surface area is 62.7 Å². The minimum absolute atomic E-state index is 0.589. The molecule has 60 valence electrons. The number of rotatable bonds is 3. The Bertz CT molecular complexity index is 88.9. The normalized spacial score (nSPS) is 23.4. The van der Waals surface area contributed by atoms with E-state index in [1.807, 2.05) is 0 Å². The van der Waals surface area contributed by atoms with Crippen molar-refractivity contribution in [2.75, 3.05) is 13.1 Å². The molecular formula is C7H17N3. The van der Waals surface area contributed by atoms with Crippen LogP contribution < -0.4 is 10.9 Å². The number of nitrogens with one attached hydrogen (secondary N) is 2. The molecule has 1 atom stereocenters. The van der Waals surface area contributed by atoms with Gasteiger partial charge in [0.25, 0.3) is 0 Å². The van der Waals surface area contributed by atoms with Gasteiger partial charge in [0.05, 0.1) is 0 Å². The fraction of sp³-hybridized carbons (Fsp3) is 1.00. The topological polar surface area (TPSA) is 27.3 Å². The number of nitrogens with zero attached hydrogens (tertiary/aromatic N) is 1. The van der Waals surface area contributed by atoms with Gasteiger partial charge in [-0.3, -0.25) is 0 Å². The van der Waals surface area contributed by atoms with Crippen molar-refractivity contribution in [3.8, 4) is 0 Å². The molecule has 1 fully saturated rings. The molecule has 3 nitrogen and oxygen atoms in total. The van der Waals surface area contributed by atoms with Crippen molar-refractivity contribution in [1.82, 2.24) is 16.0 Å². The maximum Gasteiger partial charge on any atom is 0.0300 e. The molecule has 1 heterocycles. The van der Waals surface area contributed by atoms with Gasteiger partial charge in [-0.1, -0.05) is 6.92 Å². The molecule has 0 radical (unpaired) electrons. The van der Waals surface area contributed by atoms with Crippen LogP contribution in [0.15, 0.2) is 0 Å². The van der Waals surface area contributed by atoms with Gasteiger partial charge in [-0.05, 0) is 19.8 Å². The summed E-state index contributed by atoms with van der Waals surface area (Å²) in [7, 11) is 0. The number of hydrogen-bond acceptors (Lipinski definition) is 3. The average molecular weight is 143 g/mol. The quantitative estimate of drug-likeness (QED) is 0.602. The first-order valence-electron chi connectivity index (χ1n) is 4.10. The van der Waals surface area contributed by atoms with E-state index in [-0.39, 0.29) is 0 Å². The van der Waals surface area contributed by atoms with Crippen molar-refractivity contribution < 1.29 is 0 Å². The van der Waals surface area contributed by atoms with E-state index < -0.39 is 0 Å². The summed E-state index contributed by atoms with van der Waals surface area (Å²) in [6, 6.07) is 0.589. The van der Waals surface area contributed by atoms with Crippen molar-refractivity contribution in [1.29, 1.82) is 0 Å². The fourth-order valence-electron chi connectivity index (χ4n) is 0.998. The lowest BCUT2D eigenvalue weighted by molar-refractivity contribution is 0.139. The van der Waals surface area contributed by atoms with E-state index in [9.17, 15) is 0 Å². The van der Waals surface area contributed by atoms with E-state index in [1.165, 1.54) is 12.8 Å². The van der Waals surface area contributed by atoms with Crippen LogP contribution in [-0.4, -0.2) is 24.2 Å². The molecule has 2 N–H and O–H groups in total.